The maximum atomic E-state index is 5.87. The van der Waals surface area contributed by atoms with Crippen molar-refractivity contribution in [1.29, 1.82) is 0 Å². The third-order valence-electron chi connectivity index (χ3n) is 3.84. The maximum absolute atomic E-state index is 5.87. The van der Waals surface area contributed by atoms with Gasteiger partial charge in [-0.2, -0.15) is 0 Å². The number of rotatable bonds is 2. The lowest BCUT2D eigenvalue weighted by molar-refractivity contribution is 0.287. The number of benzene rings is 2. The van der Waals surface area contributed by atoms with Gasteiger partial charge in [-0.25, -0.2) is 4.98 Å². The zero-order valence-electron chi connectivity index (χ0n) is 12.2. The molecule has 0 radical (unpaired) electrons. The van der Waals surface area contributed by atoms with Crippen LogP contribution in [-0.2, 0) is 6.42 Å². The highest BCUT2D eigenvalue weighted by Gasteiger charge is 2.18. The van der Waals surface area contributed by atoms with Crippen LogP contribution in [0.5, 0.6) is 5.75 Å². The van der Waals surface area contributed by atoms with Gasteiger partial charge in [0.2, 0.25) is 0 Å². The molecule has 1 aliphatic heterocycles. The van der Waals surface area contributed by atoms with Crippen LogP contribution in [0, 0.1) is 0 Å². The largest absolute Gasteiger partial charge is 0.489 e. The Morgan fingerprint density at radius 2 is 1.82 bits per heavy atom. The fourth-order valence-corrected chi connectivity index (χ4v) is 2.77. The standard InChI is InChI=1S/C19H16N2O/c1-2-7-14(8-3-1)13-20-18-15-9-4-5-10-16(15)21-17-11-6-12-22-19(17)18/h1-5,7-10,13H,6,11-12H2/b20-13+. The molecular formula is C19H16N2O. The smallest absolute Gasteiger partial charge is 0.167 e. The molecule has 3 heteroatoms. The van der Waals surface area contributed by atoms with Crippen LogP contribution in [0.4, 0.5) is 5.69 Å². The third kappa shape index (κ3) is 2.35. The molecule has 2 heterocycles. The topological polar surface area (TPSA) is 34.5 Å². The number of hydrogen-bond donors (Lipinski definition) is 0. The van der Waals surface area contributed by atoms with Crippen molar-refractivity contribution in [2.45, 2.75) is 12.8 Å². The van der Waals surface area contributed by atoms with E-state index in [0.717, 1.165) is 53.0 Å². The van der Waals surface area contributed by atoms with E-state index in [0.29, 0.717) is 0 Å². The number of aryl methyl sites for hydroxylation is 1. The van der Waals surface area contributed by atoms with Crippen molar-refractivity contribution < 1.29 is 4.74 Å². The van der Waals surface area contributed by atoms with E-state index in [1.807, 2.05) is 54.7 Å². The quantitative estimate of drug-likeness (QED) is 0.658. The number of aromatic nitrogens is 1. The van der Waals surface area contributed by atoms with Crippen LogP contribution in [-0.4, -0.2) is 17.8 Å². The first-order valence-corrected chi connectivity index (χ1v) is 7.55. The van der Waals surface area contributed by atoms with Crippen LogP contribution >= 0.6 is 0 Å². The first kappa shape index (κ1) is 13.0. The molecule has 1 aromatic heterocycles. The van der Waals surface area contributed by atoms with Gasteiger partial charge < -0.3 is 4.74 Å². The zero-order chi connectivity index (χ0) is 14.8. The van der Waals surface area contributed by atoms with E-state index in [-0.39, 0.29) is 0 Å². The minimum Gasteiger partial charge on any atom is -0.489 e. The van der Waals surface area contributed by atoms with Gasteiger partial charge in [0, 0.05) is 11.6 Å². The van der Waals surface area contributed by atoms with E-state index in [2.05, 4.69) is 6.07 Å². The third-order valence-corrected chi connectivity index (χ3v) is 3.84. The van der Waals surface area contributed by atoms with Gasteiger partial charge in [0.1, 0.15) is 5.69 Å². The predicted octanol–water partition coefficient (Wildman–Crippen LogP) is 4.31. The summed E-state index contributed by atoms with van der Waals surface area (Å²) in [5, 5.41) is 1.04. The summed E-state index contributed by atoms with van der Waals surface area (Å²) in [6.07, 6.45) is 3.86. The number of fused-ring (bicyclic) bond motifs is 2. The lowest BCUT2D eigenvalue weighted by atomic mass is 10.1. The highest BCUT2D eigenvalue weighted by molar-refractivity contribution is 5.96. The summed E-state index contributed by atoms with van der Waals surface area (Å²) in [5.74, 6) is 0.845. The van der Waals surface area contributed by atoms with Crippen molar-refractivity contribution in [1.82, 2.24) is 4.98 Å². The molecule has 108 valence electrons. The summed E-state index contributed by atoms with van der Waals surface area (Å²) in [5.41, 5.74) is 3.97. The lowest BCUT2D eigenvalue weighted by Crippen LogP contribution is -2.10. The van der Waals surface area contributed by atoms with E-state index < -0.39 is 0 Å². The van der Waals surface area contributed by atoms with Gasteiger partial charge in [-0.15, -0.1) is 0 Å². The number of hydrogen-bond acceptors (Lipinski definition) is 3. The van der Waals surface area contributed by atoms with Gasteiger partial charge in [0.05, 0.1) is 17.8 Å². The van der Waals surface area contributed by atoms with E-state index in [9.17, 15) is 0 Å². The Hall–Kier alpha value is -2.68. The summed E-state index contributed by atoms with van der Waals surface area (Å²) >= 11 is 0. The van der Waals surface area contributed by atoms with Crippen LogP contribution in [0.1, 0.15) is 17.7 Å². The molecule has 0 aliphatic carbocycles. The predicted molar refractivity (Wildman–Crippen MR) is 89.3 cm³/mol. The average molecular weight is 288 g/mol. The fourth-order valence-electron chi connectivity index (χ4n) is 2.77. The number of pyridine rings is 1. The Balaban J connectivity index is 1.89. The molecule has 0 atom stereocenters. The highest BCUT2D eigenvalue weighted by Crippen LogP contribution is 2.39. The second-order valence-corrected chi connectivity index (χ2v) is 5.37. The molecule has 0 N–H and O–H groups in total. The number of nitrogens with zero attached hydrogens (tertiary/aromatic N) is 2. The van der Waals surface area contributed by atoms with Crippen molar-refractivity contribution in [3.63, 3.8) is 0 Å². The van der Waals surface area contributed by atoms with E-state index in [1.165, 1.54) is 0 Å². The van der Waals surface area contributed by atoms with Crippen LogP contribution in [0.3, 0.4) is 0 Å². The van der Waals surface area contributed by atoms with Crippen molar-refractivity contribution in [2.24, 2.45) is 4.99 Å². The second kappa shape index (κ2) is 5.60. The van der Waals surface area contributed by atoms with Crippen molar-refractivity contribution >= 4 is 22.8 Å². The SMILES string of the molecule is C(=N\c1c2c(nc3ccccc13)CCCO2)/c1ccccc1. The normalized spacial score (nSPS) is 14.0. The molecule has 0 amide bonds. The van der Waals surface area contributed by atoms with Crippen LogP contribution in [0.2, 0.25) is 0 Å². The zero-order valence-corrected chi connectivity index (χ0v) is 12.2. The molecule has 3 aromatic rings. The Labute approximate surface area is 129 Å². The van der Waals surface area contributed by atoms with Gasteiger partial charge >= 0.3 is 0 Å². The van der Waals surface area contributed by atoms with Crippen LogP contribution in [0.15, 0.2) is 59.6 Å². The molecule has 2 aromatic carbocycles. The Morgan fingerprint density at radius 3 is 2.73 bits per heavy atom. The van der Waals surface area contributed by atoms with Crippen molar-refractivity contribution in [3.05, 3.63) is 65.9 Å². The molecule has 0 bridgehead atoms. The molecule has 22 heavy (non-hydrogen) atoms. The average Bonchev–Trinajstić information content (AvgIpc) is 2.59. The fraction of sp³-hybridized carbons (Fsp3) is 0.158. The molecule has 0 saturated heterocycles. The first-order valence-electron chi connectivity index (χ1n) is 7.55. The molecular weight excluding hydrogens is 272 g/mol. The van der Waals surface area contributed by atoms with Crippen LogP contribution in [0.25, 0.3) is 10.9 Å². The van der Waals surface area contributed by atoms with E-state index in [1.54, 1.807) is 0 Å². The van der Waals surface area contributed by atoms with E-state index in [4.69, 9.17) is 14.7 Å². The Kier molecular flexibility index (Phi) is 3.31. The van der Waals surface area contributed by atoms with Gasteiger partial charge in [-0.3, -0.25) is 4.99 Å². The monoisotopic (exact) mass is 288 g/mol. The van der Waals surface area contributed by atoms with Gasteiger partial charge in [-0.05, 0) is 24.5 Å². The summed E-state index contributed by atoms with van der Waals surface area (Å²) in [4.78, 5) is 9.46. The molecule has 0 unspecified atom stereocenters. The summed E-state index contributed by atoms with van der Waals surface area (Å²) < 4.78 is 5.87. The van der Waals surface area contributed by atoms with Gasteiger partial charge in [0.15, 0.2) is 5.75 Å². The van der Waals surface area contributed by atoms with Gasteiger partial charge in [-0.1, -0.05) is 48.5 Å². The minimum absolute atomic E-state index is 0.737. The molecule has 0 fully saturated rings. The van der Waals surface area contributed by atoms with Crippen LogP contribution < -0.4 is 4.74 Å². The summed E-state index contributed by atoms with van der Waals surface area (Å²) in [7, 11) is 0. The Bertz CT molecular complexity index is 841. The number of para-hydroxylation sites is 1. The molecule has 4 rings (SSSR count). The maximum Gasteiger partial charge on any atom is 0.167 e. The van der Waals surface area contributed by atoms with Gasteiger partial charge in [0.25, 0.3) is 0 Å². The number of ether oxygens (including phenoxy) is 1. The second-order valence-electron chi connectivity index (χ2n) is 5.37. The van der Waals surface area contributed by atoms with Crippen molar-refractivity contribution in [3.8, 4) is 5.75 Å². The molecule has 0 spiro atoms. The lowest BCUT2D eigenvalue weighted by Gasteiger charge is -2.19. The highest BCUT2D eigenvalue weighted by atomic mass is 16.5. The molecule has 1 aliphatic rings. The van der Waals surface area contributed by atoms with E-state index >= 15 is 0 Å². The molecule has 3 nitrogen and oxygen atoms in total. The summed E-state index contributed by atoms with van der Waals surface area (Å²) in [6.45, 7) is 0.737. The number of aliphatic imine (C=N–C) groups is 1. The first-order chi connectivity index (χ1) is 10.9. The molecule has 0 saturated carbocycles. The van der Waals surface area contributed by atoms with Crippen molar-refractivity contribution in [2.75, 3.05) is 6.61 Å². The Morgan fingerprint density at radius 1 is 1.00 bits per heavy atom. The minimum atomic E-state index is 0.737. The summed E-state index contributed by atoms with van der Waals surface area (Å²) in [6, 6.07) is 18.2.